The van der Waals surface area contributed by atoms with Crippen LogP contribution in [0.15, 0.2) is 47.4 Å². The minimum atomic E-state index is -0.365. The van der Waals surface area contributed by atoms with Crippen LogP contribution in [0.3, 0.4) is 0 Å². The maximum absolute atomic E-state index is 12.8. The lowest BCUT2D eigenvalue weighted by Crippen LogP contribution is -2.15. The quantitative estimate of drug-likeness (QED) is 0.610. The standard InChI is InChI=1S/C18H15ClO3S/c1-2-22-18(21)15-10-23-17-13(15)8-12(19)9-14(17)16(20)11-6-4-3-5-7-11/h3-9,15H,2,10H2,1H3/t15-/m0/s1. The fourth-order valence-electron chi connectivity index (χ4n) is 2.64. The van der Waals surface area contributed by atoms with Gasteiger partial charge in [-0.05, 0) is 24.6 Å². The van der Waals surface area contributed by atoms with Crippen LogP contribution < -0.4 is 0 Å². The highest BCUT2D eigenvalue weighted by Crippen LogP contribution is 2.44. The van der Waals surface area contributed by atoms with E-state index in [1.54, 1.807) is 31.2 Å². The minimum absolute atomic E-state index is 0.0821. The largest absolute Gasteiger partial charge is 0.465 e. The van der Waals surface area contributed by atoms with Crippen molar-refractivity contribution >= 4 is 35.1 Å². The van der Waals surface area contributed by atoms with Crippen LogP contribution in [0.4, 0.5) is 0 Å². The van der Waals surface area contributed by atoms with Crippen LogP contribution >= 0.6 is 23.4 Å². The Morgan fingerprint density at radius 2 is 2.00 bits per heavy atom. The molecule has 0 bridgehead atoms. The van der Waals surface area contributed by atoms with E-state index in [-0.39, 0.29) is 17.7 Å². The summed E-state index contributed by atoms with van der Waals surface area (Å²) in [6.07, 6.45) is 0. The molecule has 0 fully saturated rings. The Morgan fingerprint density at radius 1 is 1.26 bits per heavy atom. The Hall–Kier alpha value is -1.78. The molecule has 0 saturated carbocycles. The molecule has 2 aromatic carbocycles. The molecular formula is C18H15ClO3S. The Balaban J connectivity index is 2.03. The molecule has 1 aliphatic heterocycles. The molecule has 1 atom stereocenters. The molecule has 0 radical (unpaired) electrons. The summed E-state index contributed by atoms with van der Waals surface area (Å²) in [7, 11) is 0. The number of carbonyl (C=O) groups excluding carboxylic acids is 2. The van der Waals surface area contributed by atoms with Crippen LogP contribution in [0.1, 0.15) is 34.3 Å². The summed E-state index contributed by atoms with van der Waals surface area (Å²) in [6, 6.07) is 12.5. The van der Waals surface area contributed by atoms with Crippen molar-refractivity contribution in [1.82, 2.24) is 0 Å². The zero-order valence-corrected chi connectivity index (χ0v) is 14.1. The first-order valence-corrected chi connectivity index (χ1v) is 8.70. The number of ketones is 1. The van der Waals surface area contributed by atoms with Gasteiger partial charge in [0.25, 0.3) is 0 Å². The highest BCUT2D eigenvalue weighted by molar-refractivity contribution is 7.99. The number of carbonyl (C=O) groups is 2. The molecule has 1 aliphatic rings. The summed E-state index contributed by atoms with van der Waals surface area (Å²) in [5, 5.41) is 0.458. The fraction of sp³-hybridized carbons (Fsp3) is 0.222. The third kappa shape index (κ3) is 3.14. The zero-order valence-electron chi connectivity index (χ0n) is 12.5. The molecule has 0 N–H and O–H groups in total. The van der Waals surface area contributed by atoms with Crippen molar-refractivity contribution in [3.63, 3.8) is 0 Å². The predicted molar refractivity (Wildman–Crippen MR) is 91.4 cm³/mol. The first kappa shape index (κ1) is 16.1. The molecule has 1 heterocycles. The highest BCUT2D eigenvalue weighted by Gasteiger charge is 2.34. The van der Waals surface area contributed by atoms with Crippen LogP contribution in [0, 0.1) is 0 Å². The Kier molecular flexibility index (Phi) is 4.74. The number of halogens is 1. The number of ether oxygens (including phenoxy) is 1. The Labute approximate surface area is 144 Å². The number of thioether (sulfide) groups is 1. The van der Waals surface area contributed by atoms with Gasteiger partial charge in [-0.1, -0.05) is 41.9 Å². The first-order valence-electron chi connectivity index (χ1n) is 7.34. The van der Waals surface area contributed by atoms with Crippen molar-refractivity contribution < 1.29 is 14.3 Å². The van der Waals surface area contributed by atoms with E-state index in [1.165, 1.54) is 11.8 Å². The number of benzene rings is 2. The third-order valence-electron chi connectivity index (χ3n) is 3.70. The smallest absolute Gasteiger partial charge is 0.314 e. The molecular weight excluding hydrogens is 332 g/mol. The Bertz CT molecular complexity index is 758. The van der Waals surface area contributed by atoms with Gasteiger partial charge >= 0.3 is 5.97 Å². The molecule has 3 nitrogen and oxygen atoms in total. The molecule has 0 amide bonds. The van der Waals surface area contributed by atoms with Crippen molar-refractivity contribution in [3.8, 4) is 0 Å². The number of hydrogen-bond donors (Lipinski definition) is 0. The molecule has 23 heavy (non-hydrogen) atoms. The lowest BCUT2D eigenvalue weighted by Gasteiger charge is -2.12. The molecule has 0 aromatic heterocycles. The summed E-state index contributed by atoms with van der Waals surface area (Å²) in [4.78, 5) is 25.7. The van der Waals surface area contributed by atoms with Crippen LogP contribution in [-0.4, -0.2) is 24.1 Å². The van der Waals surface area contributed by atoms with Crippen LogP contribution in [0.25, 0.3) is 0 Å². The lowest BCUT2D eigenvalue weighted by atomic mass is 9.95. The van der Waals surface area contributed by atoms with Gasteiger partial charge in [-0.15, -0.1) is 11.8 Å². The minimum Gasteiger partial charge on any atom is -0.465 e. The topological polar surface area (TPSA) is 43.4 Å². The van der Waals surface area contributed by atoms with E-state index >= 15 is 0 Å². The molecule has 5 heteroatoms. The summed E-state index contributed by atoms with van der Waals surface area (Å²) in [5.74, 6) is -0.139. The number of fused-ring (bicyclic) bond motifs is 1. The lowest BCUT2D eigenvalue weighted by molar-refractivity contribution is -0.144. The fourth-order valence-corrected chi connectivity index (χ4v) is 4.19. The van der Waals surface area contributed by atoms with Gasteiger partial charge in [-0.25, -0.2) is 0 Å². The van der Waals surface area contributed by atoms with Gasteiger partial charge < -0.3 is 4.74 Å². The van der Waals surface area contributed by atoms with E-state index in [0.29, 0.717) is 28.5 Å². The van der Waals surface area contributed by atoms with Gasteiger partial charge in [0, 0.05) is 26.8 Å². The van der Waals surface area contributed by atoms with Crippen molar-refractivity contribution in [3.05, 3.63) is 64.2 Å². The second-order valence-electron chi connectivity index (χ2n) is 5.18. The number of hydrogen-bond acceptors (Lipinski definition) is 4. The maximum Gasteiger partial charge on any atom is 0.314 e. The van der Waals surface area contributed by atoms with Crippen molar-refractivity contribution in [2.45, 2.75) is 17.7 Å². The molecule has 0 aliphatic carbocycles. The third-order valence-corrected chi connectivity index (χ3v) is 5.17. The van der Waals surface area contributed by atoms with E-state index < -0.39 is 0 Å². The summed E-state index contributed by atoms with van der Waals surface area (Å²) in [6.45, 7) is 2.12. The number of rotatable bonds is 4. The van der Waals surface area contributed by atoms with Gasteiger partial charge in [0.2, 0.25) is 0 Å². The van der Waals surface area contributed by atoms with Crippen LogP contribution in [0.5, 0.6) is 0 Å². The number of esters is 1. The van der Waals surface area contributed by atoms with E-state index in [4.69, 9.17) is 16.3 Å². The molecule has 118 valence electrons. The highest BCUT2D eigenvalue weighted by atomic mass is 35.5. The average Bonchev–Trinajstić information content (AvgIpc) is 2.98. The van der Waals surface area contributed by atoms with E-state index in [0.717, 1.165) is 10.5 Å². The summed E-state index contributed by atoms with van der Waals surface area (Å²) >= 11 is 7.70. The molecule has 0 unspecified atom stereocenters. The van der Waals surface area contributed by atoms with Gasteiger partial charge in [-0.2, -0.15) is 0 Å². The van der Waals surface area contributed by atoms with Crippen LogP contribution in [0.2, 0.25) is 5.02 Å². The molecule has 3 rings (SSSR count). The van der Waals surface area contributed by atoms with E-state index in [9.17, 15) is 9.59 Å². The van der Waals surface area contributed by atoms with Crippen molar-refractivity contribution in [2.75, 3.05) is 12.4 Å². The van der Waals surface area contributed by atoms with Gasteiger partial charge in [0.15, 0.2) is 5.78 Å². The second-order valence-corrected chi connectivity index (χ2v) is 6.65. The summed E-state index contributed by atoms with van der Waals surface area (Å²) in [5.41, 5.74) is 1.95. The first-order chi connectivity index (χ1) is 11.1. The Morgan fingerprint density at radius 3 is 2.70 bits per heavy atom. The van der Waals surface area contributed by atoms with Crippen molar-refractivity contribution in [2.24, 2.45) is 0 Å². The predicted octanol–water partition coefficient (Wildman–Crippen LogP) is 4.32. The zero-order chi connectivity index (χ0) is 16.4. The summed E-state index contributed by atoms with van der Waals surface area (Å²) < 4.78 is 5.13. The molecule has 0 saturated heterocycles. The van der Waals surface area contributed by atoms with Gasteiger partial charge in [0.1, 0.15) is 0 Å². The van der Waals surface area contributed by atoms with Crippen LogP contribution in [-0.2, 0) is 9.53 Å². The monoisotopic (exact) mass is 346 g/mol. The van der Waals surface area contributed by atoms with E-state index in [1.807, 2.05) is 18.2 Å². The van der Waals surface area contributed by atoms with Crippen molar-refractivity contribution in [1.29, 1.82) is 0 Å². The average molecular weight is 347 g/mol. The normalized spacial score (nSPS) is 16.0. The van der Waals surface area contributed by atoms with E-state index in [2.05, 4.69) is 0 Å². The molecule has 2 aromatic rings. The van der Waals surface area contributed by atoms with Gasteiger partial charge in [-0.3, -0.25) is 9.59 Å². The molecule has 0 spiro atoms. The van der Waals surface area contributed by atoms with Gasteiger partial charge in [0.05, 0.1) is 12.5 Å². The maximum atomic E-state index is 12.8. The second kappa shape index (κ2) is 6.77. The SMILES string of the molecule is CCOC(=O)[C@H]1CSc2c(C(=O)c3ccccc3)cc(Cl)cc21.